The summed E-state index contributed by atoms with van der Waals surface area (Å²) in [7, 11) is -9.69. The highest BCUT2D eigenvalue weighted by Crippen LogP contribution is 2.32. The van der Waals surface area contributed by atoms with Gasteiger partial charge in [0, 0.05) is 16.5 Å². The van der Waals surface area contributed by atoms with Crippen molar-refractivity contribution >= 4 is 66.2 Å². The third-order valence-corrected chi connectivity index (χ3v) is 7.25. The van der Waals surface area contributed by atoms with Gasteiger partial charge in [-0.3, -0.25) is 18.7 Å². The highest BCUT2D eigenvalue weighted by Gasteiger charge is 2.21. The minimum atomic E-state index is -4.91. The molecule has 0 aromatic heterocycles. The molecule has 4 rings (SSSR count). The number of carbonyl (C=O) groups excluding carboxylic acids is 2. The predicted octanol–water partition coefficient (Wildman–Crippen LogP) is 4.51. The van der Waals surface area contributed by atoms with E-state index in [1.165, 1.54) is 54.6 Å². The lowest BCUT2D eigenvalue weighted by Crippen LogP contribution is -2.14. The number of hydrogen-bond acceptors (Lipinski definition) is 9. The molecule has 4 N–H and O–H groups in total. The number of nitrogens with zero attached hydrogens (tertiary/aromatic N) is 2. The predicted molar refractivity (Wildman–Crippen MR) is 141 cm³/mol. The van der Waals surface area contributed by atoms with Crippen molar-refractivity contribution in [3.05, 3.63) is 89.5 Å². The van der Waals surface area contributed by atoms with Gasteiger partial charge in [-0.15, -0.1) is 0 Å². The molecule has 1 amide bonds. The van der Waals surface area contributed by atoms with E-state index in [0.717, 1.165) is 12.1 Å². The van der Waals surface area contributed by atoms with Crippen molar-refractivity contribution in [1.82, 2.24) is 0 Å². The Kier molecular flexibility index (Phi) is 7.57. The van der Waals surface area contributed by atoms with Crippen LogP contribution >= 0.6 is 0 Å². The zero-order valence-corrected chi connectivity index (χ0v) is 21.5. The summed E-state index contributed by atoms with van der Waals surface area (Å²) in [6.45, 7) is 0. The molecule has 0 atom stereocenters. The van der Waals surface area contributed by atoms with Gasteiger partial charge < -0.3 is 10.4 Å². The molecule has 0 fully saturated rings. The Balaban J connectivity index is 1.66. The van der Waals surface area contributed by atoms with Crippen LogP contribution in [0.25, 0.3) is 10.8 Å². The highest BCUT2D eigenvalue weighted by molar-refractivity contribution is 7.86. The molecule has 204 valence electrons. The van der Waals surface area contributed by atoms with Crippen LogP contribution in [-0.2, 0) is 20.2 Å². The number of amides is 1. The molecule has 0 spiro atoms. The fraction of sp³-hybridized carbons (Fsp3) is 0. The fourth-order valence-electron chi connectivity index (χ4n) is 3.61. The number of fused-ring (bicyclic) bond motifs is 1. The molecule has 15 heteroatoms. The van der Waals surface area contributed by atoms with Crippen LogP contribution in [0, 0.1) is 0 Å². The van der Waals surface area contributed by atoms with Gasteiger partial charge in [0.2, 0.25) is 0 Å². The van der Waals surface area contributed by atoms with Crippen molar-refractivity contribution in [2.45, 2.75) is 9.79 Å². The highest BCUT2D eigenvalue weighted by atomic mass is 32.2. The Hall–Kier alpha value is -4.83. The maximum atomic E-state index is 12.5. The standard InChI is InChI=1S/C25H17N3O10S2/c29-13-14-1-3-15(4-2-14)24(30)26-22-8-7-18(11-21(22)25(31)32)28-27-17-6-5-16-9-19(39(33,34)35)12-23(20(16)10-17)40(36,37)38/h1-13H,(H,26,30)(H,31,32)(H,33,34,35)(H,36,37,38)/b28-27+. The summed E-state index contributed by atoms with van der Waals surface area (Å²) in [5.74, 6) is -1.99. The number of aromatic carboxylic acids is 1. The first-order chi connectivity index (χ1) is 18.8. The van der Waals surface area contributed by atoms with Crippen LogP contribution in [0.1, 0.15) is 31.1 Å². The van der Waals surface area contributed by atoms with E-state index in [1.807, 2.05) is 0 Å². The monoisotopic (exact) mass is 583 g/mol. The number of nitrogens with one attached hydrogen (secondary N) is 1. The number of carboxylic acid groups (broad SMARTS) is 1. The summed E-state index contributed by atoms with van der Waals surface area (Å²) in [6.07, 6.45) is 0.614. The summed E-state index contributed by atoms with van der Waals surface area (Å²) < 4.78 is 65.6. The van der Waals surface area contributed by atoms with Crippen LogP contribution in [0.4, 0.5) is 17.1 Å². The number of carbonyl (C=O) groups is 3. The van der Waals surface area contributed by atoms with Crippen LogP contribution < -0.4 is 5.32 Å². The molecule has 0 aliphatic heterocycles. The second-order valence-corrected chi connectivity index (χ2v) is 11.0. The van der Waals surface area contributed by atoms with Crippen LogP contribution in [0.15, 0.2) is 92.8 Å². The number of benzene rings is 4. The molecule has 0 saturated heterocycles. The quantitative estimate of drug-likeness (QED) is 0.129. The Morgan fingerprint density at radius 3 is 1.98 bits per heavy atom. The maximum Gasteiger partial charge on any atom is 0.337 e. The summed E-state index contributed by atoms with van der Waals surface area (Å²) >= 11 is 0. The minimum Gasteiger partial charge on any atom is -0.478 e. The summed E-state index contributed by atoms with van der Waals surface area (Å²) in [5, 5.41) is 19.9. The van der Waals surface area contributed by atoms with E-state index in [1.54, 1.807) is 0 Å². The fourth-order valence-corrected chi connectivity index (χ4v) is 4.96. The molecule has 0 radical (unpaired) electrons. The average molecular weight is 584 g/mol. The van der Waals surface area contributed by atoms with Gasteiger partial charge in [-0.05, 0) is 60.0 Å². The second-order valence-electron chi connectivity index (χ2n) is 8.21. The van der Waals surface area contributed by atoms with E-state index in [4.69, 9.17) is 0 Å². The second kappa shape index (κ2) is 10.7. The summed E-state index contributed by atoms with van der Waals surface area (Å²) in [6, 6.07) is 14.9. The van der Waals surface area contributed by atoms with Crippen LogP contribution in [0.2, 0.25) is 0 Å². The molecule has 0 heterocycles. The van der Waals surface area contributed by atoms with Crippen molar-refractivity contribution < 1.29 is 45.4 Å². The first kappa shape index (κ1) is 28.2. The van der Waals surface area contributed by atoms with Gasteiger partial charge in [0.25, 0.3) is 26.1 Å². The number of carboxylic acids is 1. The molecule has 0 aliphatic carbocycles. The first-order valence-electron chi connectivity index (χ1n) is 10.9. The van der Waals surface area contributed by atoms with Gasteiger partial charge in [-0.1, -0.05) is 18.2 Å². The van der Waals surface area contributed by atoms with Gasteiger partial charge in [-0.25, -0.2) is 4.79 Å². The van der Waals surface area contributed by atoms with E-state index in [-0.39, 0.29) is 39.0 Å². The van der Waals surface area contributed by atoms with E-state index >= 15 is 0 Å². The Labute approximate surface area is 226 Å². The molecule has 4 aromatic carbocycles. The van der Waals surface area contributed by atoms with Gasteiger partial charge >= 0.3 is 5.97 Å². The maximum absolute atomic E-state index is 12.5. The van der Waals surface area contributed by atoms with Gasteiger partial charge in [0.1, 0.15) is 11.2 Å². The molecule has 40 heavy (non-hydrogen) atoms. The smallest absolute Gasteiger partial charge is 0.337 e. The van der Waals surface area contributed by atoms with Crippen molar-refractivity contribution in [3.63, 3.8) is 0 Å². The Bertz CT molecular complexity index is 1940. The number of rotatable bonds is 8. The van der Waals surface area contributed by atoms with E-state index < -0.39 is 41.9 Å². The first-order valence-corrected chi connectivity index (χ1v) is 13.8. The van der Waals surface area contributed by atoms with Crippen LogP contribution in [-0.4, -0.2) is 49.2 Å². The molecule has 4 aromatic rings. The lowest BCUT2D eigenvalue weighted by atomic mass is 10.1. The van der Waals surface area contributed by atoms with Gasteiger partial charge in [0.15, 0.2) is 0 Å². The SMILES string of the molecule is O=Cc1ccc(C(=O)Nc2ccc(/N=N/c3ccc4cc(S(=O)(=O)O)cc(S(=O)(=O)O)c4c3)cc2C(=O)O)cc1. The number of aldehydes is 1. The van der Waals surface area contributed by atoms with Gasteiger partial charge in [0.05, 0.1) is 27.5 Å². The Morgan fingerprint density at radius 1 is 0.775 bits per heavy atom. The lowest BCUT2D eigenvalue weighted by Gasteiger charge is -2.09. The van der Waals surface area contributed by atoms with E-state index in [9.17, 15) is 45.4 Å². The summed E-state index contributed by atoms with van der Waals surface area (Å²) in [4.78, 5) is 33.6. The Morgan fingerprint density at radius 2 is 1.40 bits per heavy atom. The van der Waals surface area contributed by atoms with Crippen molar-refractivity contribution in [2.75, 3.05) is 5.32 Å². The zero-order chi connectivity index (χ0) is 29.2. The molecular formula is C25H17N3O10S2. The molecule has 0 bridgehead atoms. The van der Waals surface area contributed by atoms with Crippen molar-refractivity contribution in [3.8, 4) is 0 Å². The van der Waals surface area contributed by atoms with E-state index in [0.29, 0.717) is 17.9 Å². The molecule has 0 unspecified atom stereocenters. The average Bonchev–Trinajstić information content (AvgIpc) is 2.90. The third kappa shape index (κ3) is 6.24. The normalized spacial score (nSPS) is 11.9. The van der Waals surface area contributed by atoms with Crippen molar-refractivity contribution in [2.24, 2.45) is 10.2 Å². The lowest BCUT2D eigenvalue weighted by molar-refractivity contribution is 0.0697. The minimum absolute atomic E-state index is 0.0333. The van der Waals surface area contributed by atoms with E-state index in [2.05, 4.69) is 15.5 Å². The topological polar surface area (TPSA) is 217 Å². The number of hydrogen-bond donors (Lipinski definition) is 4. The zero-order valence-electron chi connectivity index (χ0n) is 19.9. The number of anilines is 1. The number of azo groups is 1. The van der Waals surface area contributed by atoms with Crippen molar-refractivity contribution in [1.29, 1.82) is 0 Å². The van der Waals surface area contributed by atoms with Crippen LogP contribution in [0.5, 0.6) is 0 Å². The molecule has 0 aliphatic rings. The third-order valence-electron chi connectivity index (χ3n) is 5.52. The largest absolute Gasteiger partial charge is 0.478 e. The summed E-state index contributed by atoms with van der Waals surface area (Å²) in [5.41, 5.74) is 0.330. The molecular weight excluding hydrogens is 566 g/mol. The van der Waals surface area contributed by atoms with Gasteiger partial charge in [-0.2, -0.15) is 27.1 Å². The van der Waals surface area contributed by atoms with Crippen LogP contribution in [0.3, 0.4) is 0 Å². The molecule has 0 saturated carbocycles. The molecule has 13 nitrogen and oxygen atoms in total.